The Labute approximate surface area is 118 Å². The third kappa shape index (κ3) is 2.80. The summed E-state index contributed by atoms with van der Waals surface area (Å²) in [7, 11) is -3.27. The Hall–Kier alpha value is -1.15. The molecule has 1 saturated carbocycles. The van der Waals surface area contributed by atoms with Crippen LogP contribution in [-0.4, -0.2) is 60.9 Å². The first-order valence-corrected chi connectivity index (χ1v) is 8.55. The highest BCUT2D eigenvalue weighted by atomic mass is 32.2. The van der Waals surface area contributed by atoms with E-state index in [1.807, 2.05) is 0 Å². The molecule has 0 radical (unpaired) electrons. The molecule has 1 saturated heterocycles. The summed E-state index contributed by atoms with van der Waals surface area (Å²) in [6.45, 7) is 0.301. The molecule has 0 aromatic rings. The molecule has 2 rings (SSSR count). The molecule has 1 unspecified atom stereocenters. The first-order valence-electron chi connectivity index (χ1n) is 6.73. The zero-order chi connectivity index (χ0) is 15.0. The summed E-state index contributed by atoms with van der Waals surface area (Å²) in [4.78, 5) is 24.9. The molecule has 0 aromatic heterocycles. The van der Waals surface area contributed by atoms with Gasteiger partial charge >= 0.3 is 5.97 Å². The normalized spacial score (nSPS) is 27.6. The van der Waals surface area contributed by atoms with E-state index in [0.29, 0.717) is 12.8 Å². The number of rotatable bonds is 4. The maximum absolute atomic E-state index is 12.6. The number of carbonyl (C=O) groups excluding carboxylic acids is 1. The third-order valence-corrected chi connectivity index (χ3v) is 6.05. The first kappa shape index (κ1) is 15.2. The van der Waals surface area contributed by atoms with Gasteiger partial charge < -0.3 is 15.7 Å². The van der Waals surface area contributed by atoms with Gasteiger partial charge in [0.15, 0.2) is 9.84 Å². The molecule has 1 atom stereocenters. The second kappa shape index (κ2) is 5.33. The van der Waals surface area contributed by atoms with Crippen LogP contribution >= 0.6 is 0 Å². The number of carbonyl (C=O) groups is 2. The molecule has 1 aliphatic carbocycles. The van der Waals surface area contributed by atoms with E-state index >= 15 is 0 Å². The van der Waals surface area contributed by atoms with Gasteiger partial charge in [-0.2, -0.15) is 0 Å². The number of nitrogens with two attached hydrogens (primary N) is 1. The Morgan fingerprint density at radius 2 is 2.00 bits per heavy atom. The van der Waals surface area contributed by atoms with Crippen molar-refractivity contribution in [3.05, 3.63) is 0 Å². The second-order valence-electron chi connectivity index (χ2n) is 5.70. The molecule has 3 N–H and O–H groups in total. The van der Waals surface area contributed by atoms with E-state index < -0.39 is 27.3 Å². The Bertz CT molecular complexity index is 506. The summed E-state index contributed by atoms with van der Waals surface area (Å²) in [6.07, 6.45) is 1.99. The molecular formula is C12H20N2O5S. The summed E-state index contributed by atoms with van der Waals surface area (Å²) in [6, 6.07) is -0.775. The van der Waals surface area contributed by atoms with Gasteiger partial charge in [-0.25, -0.2) is 8.42 Å². The van der Waals surface area contributed by atoms with Gasteiger partial charge in [0.1, 0.15) is 0 Å². The predicted molar refractivity (Wildman–Crippen MR) is 71.7 cm³/mol. The average Bonchev–Trinajstić information content (AvgIpc) is 2.26. The van der Waals surface area contributed by atoms with Crippen LogP contribution in [0.15, 0.2) is 0 Å². The SMILES string of the molecule is NCC1(C(=O)N2CCS(=O)(=O)CC2CC(=O)O)CCC1. The van der Waals surface area contributed by atoms with Crippen molar-refractivity contribution < 1.29 is 23.1 Å². The topological polar surface area (TPSA) is 118 Å². The summed E-state index contributed by atoms with van der Waals surface area (Å²) >= 11 is 0. The number of amides is 1. The molecule has 2 aliphatic rings. The van der Waals surface area contributed by atoms with Crippen molar-refractivity contribution in [1.82, 2.24) is 4.90 Å². The van der Waals surface area contributed by atoms with E-state index in [1.165, 1.54) is 4.90 Å². The van der Waals surface area contributed by atoms with Crippen molar-refractivity contribution in [3.63, 3.8) is 0 Å². The molecule has 20 heavy (non-hydrogen) atoms. The average molecular weight is 304 g/mol. The predicted octanol–water partition coefficient (Wildman–Crippen LogP) is -0.784. The van der Waals surface area contributed by atoms with Crippen LogP contribution < -0.4 is 5.73 Å². The number of nitrogens with zero attached hydrogens (tertiary/aromatic N) is 1. The summed E-state index contributed by atoms with van der Waals surface area (Å²) < 4.78 is 23.3. The maximum Gasteiger partial charge on any atom is 0.305 e. The number of aliphatic carboxylic acids is 1. The molecule has 0 aromatic carbocycles. The standard InChI is InChI=1S/C12H20N2O5S/c13-8-12(2-1-3-12)11(17)14-4-5-20(18,19)7-9(14)6-10(15)16/h9H,1-8,13H2,(H,15,16). The zero-order valence-electron chi connectivity index (χ0n) is 11.2. The van der Waals surface area contributed by atoms with E-state index in [0.717, 1.165) is 6.42 Å². The minimum atomic E-state index is -3.27. The molecule has 8 heteroatoms. The second-order valence-corrected chi connectivity index (χ2v) is 7.93. The largest absolute Gasteiger partial charge is 0.481 e. The van der Waals surface area contributed by atoms with Gasteiger partial charge in [-0.1, -0.05) is 6.42 Å². The van der Waals surface area contributed by atoms with Gasteiger partial charge in [0.05, 0.1) is 29.4 Å². The van der Waals surface area contributed by atoms with Gasteiger partial charge in [-0.15, -0.1) is 0 Å². The summed E-state index contributed by atoms with van der Waals surface area (Å²) in [5.74, 6) is -1.64. The van der Waals surface area contributed by atoms with Gasteiger partial charge in [0.2, 0.25) is 5.91 Å². The Balaban J connectivity index is 2.19. The maximum atomic E-state index is 12.6. The van der Waals surface area contributed by atoms with Gasteiger partial charge in [0, 0.05) is 13.1 Å². The van der Waals surface area contributed by atoms with E-state index in [4.69, 9.17) is 10.8 Å². The Morgan fingerprint density at radius 1 is 1.35 bits per heavy atom. The minimum Gasteiger partial charge on any atom is -0.481 e. The van der Waals surface area contributed by atoms with Crippen LogP contribution in [0.2, 0.25) is 0 Å². The fourth-order valence-electron chi connectivity index (χ4n) is 2.94. The van der Waals surface area contributed by atoms with Crippen LogP contribution in [0.25, 0.3) is 0 Å². The molecular weight excluding hydrogens is 284 g/mol. The van der Waals surface area contributed by atoms with Crippen molar-refractivity contribution in [3.8, 4) is 0 Å². The number of hydrogen-bond acceptors (Lipinski definition) is 5. The van der Waals surface area contributed by atoms with Crippen LogP contribution in [0.5, 0.6) is 0 Å². The highest BCUT2D eigenvalue weighted by Gasteiger charge is 2.48. The lowest BCUT2D eigenvalue weighted by Crippen LogP contribution is -2.59. The molecule has 1 aliphatic heterocycles. The van der Waals surface area contributed by atoms with Crippen LogP contribution in [0.1, 0.15) is 25.7 Å². The molecule has 1 amide bonds. The van der Waals surface area contributed by atoms with Gasteiger partial charge in [0.25, 0.3) is 0 Å². The molecule has 1 heterocycles. The number of hydrogen-bond donors (Lipinski definition) is 2. The Kier molecular flexibility index (Phi) is 4.06. The van der Waals surface area contributed by atoms with Crippen LogP contribution in [-0.2, 0) is 19.4 Å². The van der Waals surface area contributed by atoms with Gasteiger partial charge in [-0.3, -0.25) is 9.59 Å². The van der Waals surface area contributed by atoms with Gasteiger partial charge in [-0.05, 0) is 12.8 Å². The minimum absolute atomic E-state index is 0.0703. The Morgan fingerprint density at radius 3 is 2.45 bits per heavy atom. The molecule has 0 bridgehead atoms. The molecule has 0 spiro atoms. The third-order valence-electron chi connectivity index (χ3n) is 4.36. The molecule has 7 nitrogen and oxygen atoms in total. The number of sulfone groups is 1. The van der Waals surface area contributed by atoms with E-state index in [-0.39, 0.29) is 36.9 Å². The number of carboxylic acid groups (broad SMARTS) is 1. The van der Waals surface area contributed by atoms with Crippen molar-refractivity contribution in [2.75, 3.05) is 24.6 Å². The van der Waals surface area contributed by atoms with Crippen LogP contribution in [0.4, 0.5) is 0 Å². The number of carboxylic acids is 1. The lowest BCUT2D eigenvalue weighted by Gasteiger charge is -2.46. The molecule has 2 fully saturated rings. The van der Waals surface area contributed by atoms with Crippen molar-refractivity contribution in [2.45, 2.75) is 31.7 Å². The lowest BCUT2D eigenvalue weighted by atomic mass is 9.67. The van der Waals surface area contributed by atoms with Crippen molar-refractivity contribution in [2.24, 2.45) is 11.1 Å². The lowest BCUT2D eigenvalue weighted by molar-refractivity contribution is -0.150. The smallest absolute Gasteiger partial charge is 0.305 e. The van der Waals surface area contributed by atoms with E-state index in [1.54, 1.807) is 0 Å². The fourth-order valence-corrected chi connectivity index (χ4v) is 4.46. The van der Waals surface area contributed by atoms with Crippen molar-refractivity contribution in [1.29, 1.82) is 0 Å². The quantitative estimate of drug-likeness (QED) is 0.703. The zero-order valence-corrected chi connectivity index (χ0v) is 12.1. The van der Waals surface area contributed by atoms with Crippen LogP contribution in [0.3, 0.4) is 0 Å². The highest BCUT2D eigenvalue weighted by Crippen LogP contribution is 2.42. The van der Waals surface area contributed by atoms with E-state index in [9.17, 15) is 18.0 Å². The van der Waals surface area contributed by atoms with E-state index in [2.05, 4.69) is 0 Å². The monoisotopic (exact) mass is 304 g/mol. The molecule has 114 valence electrons. The summed E-state index contributed by atoms with van der Waals surface area (Å²) in [5, 5.41) is 8.91. The highest BCUT2D eigenvalue weighted by molar-refractivity contribution is 7.91. The summed E-state index contributed by atoms with van der Waals surface area (Å²) in [5.41, 5.74) is 5.09. The first-order chi connectivity index (χ1) is 9.30. The van der Waals surface area contributed by atoms with Crippen LogP contribution in [0, 0.1) is 5.41 Å². The fraction of sp³-hybridized carbons (Fsp3) is 0.833. The van der Waals surface area contributed by atoms with Crippen molar-refractivity contribution >= 4 is 21.7 Å².